The number of hydrogen-bond acceptors (Lipinski definition) is 4. The monoisotopic (exact) mass is 250 g/mol. The Hall–Kier alpha value is -2.24. The highest BCUT2D eigenvalue weighted by molar-refractivity contribution is 6.01. The first-order valence-electron chi connectivity index (χ1n) is 5.62. The number of rotatable bonds is 4. The van der Waals surface area contributed by atoms with E-state index < -0.39 is 5.91 Å². The van der Waals surface area contributed by atoms with Gasteiger partial charge in [-0.2, -0.15) is 0 Å². The molecule has 0 heterocycles. The van der Waals surface area contributed by atoms with Crippen molar-refractivity contribution in [2.45, 2.75) is 19.9 Å². The van der Waals surface area contributed by atoms with Crippen LogP contribution in [0.4, 0.5) is 11.4 Å². The fraction of sp³-hybridized carbons (Fsp3) is 0.333. The Balaban J connectivity index is 2.58. The Kier molecular flexibility index (Phi) is 4.53. The van der Waals surface area contributed by atoms with Crippen molar-refractivity contribution < 1.29 is 9.59 Å². The van der Waals surface area contributed by atoms with Crippen LogP contribution in [0.5, 0.6) is 0 Å². The van der Waals surface area contributed by atoms with E-state index >= 15 is 0 Å². The standard InChI is InChI=1S/C12H18N4O2/c1-7(2)16-11(17)6-15-12(18)9-4-3-8(13)5-10(9)14/h3-5,7H,6,13-14H2,1-2H3,(H,15,18)(H,16,17). The van der Waals surface area contributed by atoms with Gasteiger partial charge in [-0.05, 0) is 32.0 Å². The average molecular weight is 250 g/mol. The minimum absolute atomic E-state index is 0.0380. The second-order valence-electron chi connectivity index (χ2n) is 4.25. The van der Waals surface area contributed by atoms with Gasteiger partial charge in [0.2, 0.25) is 5.91 Å². The predicted molar refractivity (Wildman–Crippen MR) is 70.9 cm³/mol. The zero-order valence-corrected chi connectivity index (χ0v) is 10.5. The average Bonchev–Trinajstić information content (AvgIpc) is 2.25. The van der Waals surface area contributed by atoms with Gasteiger partial charge in [-0.25, -0.2) is 0 Å². The first-order valence-corrected chi connectivity index (χ1v) is 5.62. The first kappa shape index (κ1) is 13.8. The number of anilines is 2. The van der Waals surface area contributed by atoms with Gasteiger partial charge >= 0.3 is 0 Å². The number of amides is 2. The van der Waals surface area contributed by atoms with Crippen LogP contribution in [-0.4, -0.2) is 24.4 Å². The Labute approximate surface area is 106 Å². The zero-order valence-electron chi connectivity index (χ0n) is 10.5. The molecule has 0 atom stereocenters. The molecule has 0 saturated heterocycles. The molecule has 0 radical (unpaired) electrons. The van der Waals surface area contributed by atoms with Crippen LogP contribution >= 0.6 is 0 Å². The molecule has 0 aliphatic rings. The number of nitrogens with one attached hydrogen (secondary N) is 2. The van der Waals surface area contributed by atoms with Crippen LogP contribution in [0.1, 0.15) is 24.2 Å². The fourth-order valence-corrected chi connectivity index (χ4v) is 1.42. The van der Waals surface area contributed by atoms with Crippen LogP contribution in [0.2, 0.25) is 0 Å². The number of hydrogen-bond donors (Lipinski definition) is 4. The lowest BCUT2D eigenvalue weighted by Crippen LogP contribution is -2.39. The highest BCUT2D eigenvalue weighted by atomic mass is 16.2. The molecule has 0 spiro atoms. The largest absolute Gasteiger partial charge is 0.399 e. The molecule has 18 heavy (non-hydrogen) atoms. The summed E-state index contributed by atoms with van der Waals surface area (Å²) >= 11 is 0. The van der Waals surface area contributed by atoms with Crippen molar-refractivity contribution in [1.29, 1.82) is 0 Å². The number of carbonyl (C=O) groups excluding carboxylic acids is 2. The van der Waals surface area contributed by atoms with Gasteiger partial charge in [0.15, 0.2) is 0 Å². The first-order chi connectivity index (χ1) is 8.40. The van der Waals surface area contributed by atoms with Gasteiger partial charge < -0.3 is 22.1 Å². The van der Waals surface area contributed by atoms with Crippen LogP contribution in [0.15, 0.2) is 18.2 Å². The highest BCUT2D eigenvalue weighted by Gasteiger charge is 2.11. The number of nitrogens with two attached hydrogens (primary N) is 2. The fourth-order valence-electron chi connectivity index (χ4n) is 1.42. The predicted octanol–water partition coefficient (Wildman–Crippen LogP) is 0.105. The molecule has 0 unspecified atom stereocenters. The molecule has 1 rings (SSSR count). The molecule has 0 bridgehead atoms. The Morgan fingerprint density at radius 1 is 1.28 bits per heavy atom. The maximum absolute atomic E-state index is 11.8. The molecule has 6 N–H and O–H groups in total. The minimum atomic E-state index is -0.397. The van der Waals surface area contributed by atoms with Crippen molar-refractivity contribution in [2.24, 2.45) is 0 Å². The van der Waals surface area contributed by atoms with Crippen molar-refractivity contribution in [3.05, 3.63) is 23.8 Å². The van der Waals surface area contributed by atoms with Crippen molar-refractivity contribution >= 4 is 23.2 Å². The molecule has 0 fully saturated rings. The van der Waals surface area contributed by atoms with Crippen LogP contribution in [0.3, 0.4) is 0 Å². The summed E-state index contributed by atoms with van der Waals surface area (Å²) in [5.41, 5.74) is 12.3. The molecule has 0 aliphatic heterocycles. The third-order valence-electron chi connectivity index (χ3n) is 2.18. The van der Waals surface area contributed by atoms with Gasteiger partial charge in [-0.15, -0.1) is 0 Å². The quantitative estimate of drug-likeness (QED) is 0.568. The van der Waals surface area contributed by atoms with Gasteiger partial charge in [0.05, 0.1) is 12.1 Å². The van der Waals surface area contributed by atoms with E-state index in [1.54, 1.807) is 6.07 Å². The molecule has 0 aromatic heterocycles. The molecule has 98 valence electrons. The number of carbonyl (C=O) groups is 2. The smallest absolute Gasteiger partial charge is 0.253 e. The molecule has 0 aliphatic carbocycles. The summed E-state index contributed by atoms with van der Waals surface area (Å²) in [5.74, 6) is -0.640. The molecule has 2 amide bonds. The molecular formula is C12H18N4O2. The summed E-state index contributed by atoms with van der Waals surface area (Å²) in [7, 11) is 0. The van der Waals surface area contributed by atoms with E-state index in [0.29, 0.717) is 11.3 Å². The van der Waals surface area contributed by atoms with E-state index in [1.165, 1.54) is 12.1 Å². The molecule has 1 aromatic carbocycles. The topological polar surface area (TPSA) is 110 Å². The minimum Gasteiger partial charge on any atom is -0.399 e. The lowest BCUT2D eigenvalue weighted by molar-refractivity contribution is -0.120. The van der Waals surface area contributed by atoms with Crippen molar-refractivity contribution in [3.63, 3.8) is 0 Å². The number of benzene rings is 1. The summed E-state index contributed by atoms with van der Waals surface area (Å²) in [6, 6.07) is 4.65. The summed E-state index contributed by atoms with van der Waals surface area (Å²) < 4.78 is 0. The molecule has 6 heteroatoms. The third kappa shape index (κ3) is 3.97. The Morgan fingerprint density at radius 2 is 1.94 bits per heavy atom. The molecule has 6 nitrogen and oxygen atoms in total. The Bertz CT molecular complexity index is 457. The van der Waals surface area contributed by atoms with Crippen molar-refractivity contribution in [1.82, 2.24) is 10.6 Å². The molecular weight excluding hydrogens is 232 g/mol. The van der Waals surface area contributed by atoms with Gasteiger partial charge in [-0.1, -0.05) is 0 Å². The maximum atomic E-state index is 11.8. The van der Waals surface area contributed by atoms with E-state index in [2.05, 4.69) is 10.6 Å². The van der Waals surface area contributed by atoms with E-state index in [1.807, 2.05) is 13.8 Å². The second kappa shape index (κ2) is 5.90. The number of nitrogen functional groups attached to an aromatic ring is 2. The van der Waals surface area contributed by atoms with Crippen LogP contribution in [0, 0.1) is 0 Å². The van der Waals surface area contributed by atoms with E-state index in [0.717, 1.165) is 0 Å². The van der Waals surface area contributed by atoms with Gasteiger partial charge in [0, 0.05) is 17.4 Å². The summed E-state index contributed by atoms with van der Waals surface area (Å²) in [6.07, 6.45) is 0. The molecule has 0 saturated carbocycles. The SMILES string of the molecule is CC(C)NC(=O)CNC(=O)c1ccc(N)cc1N. The third-order valence-corrected chi connectivity index (χ3v) is 2.18. The van der Waals surface area contributed by atoms with Gasteiger partial charge in [-0.3, -0.25) is 9.59 Å². The van der Waals surface area contributed by atoms with E-state index in [-0.39, 0.29) is 24.2 Å². The molecule has 1 aromatic rings. The van der Waals surface area contributed by atoms with Crippen LogP contribution in [-0.2, 0) is 4.79 Å². The summed E-state index contributed by atoms with van der Waals surface area (Å²) in [5, 5.41) is 5.16. The van der Waals surface area contributed by atoms with Gasteiger partial charge in [0.25, 0.3) is 5.91 Å². The van der Waals surface area contributed by atoms with Gasteiger partial charge in [0.1, 0.15) is 0 Å². The Morgan fingerprint density at radius 3 is 2.50 bits per heavy atom. The van der Waals surface area contributed by atoms with Crippen molar-refractivity contribution in [2.75, 3.05) is 18.0 Å². The van der Waals surface area contributed by atoms with E-state index in [9.17, 15) is 9.59 Å². The van der Waals surface area contributed by atoms with Crippen LogP contribution in [0.25, 0.3) is 0 Å². The summed E-state index contributed by atoms with van der Waals surface area (Å²) in [6.45, 7) is 3.61. The lowest BCUT2D eigenvalue weighted by atomic mass is 10.1. The van der Waals surface area contributed by atoms with Crippen molar-refractivity contribution in [3.8, 4) is 0 Å². The second-order valence-corrected chi connectivity index (χ2v) is 4.25. The summed E-state index contributed by atoms with van der Waals surface area (Å²) in [4.78, 5) is 23.1. The maximum Gasteiger partial charge on any atom is 0.253 e. The van der Waals surface area contributed by atoms with E-state index in [4.69, 9.17) is 11.5 Å². The lowest BCUT2D eigenvalue weighted by Gasteiger charge is -2.10. The normalized spacial score (nSPS) is 10.2. The van der Waals surface area contributed by atoms with Crippen LogP contribution < -0.4 is 22.1 Å². The zero-order chi connectivity index (χ0) is 13.7. The highest BCUT2D eigenvalue weighted by Crippen LogP contribution is 2.15.